The molecule has 0 aliphatic heterocycles. The zero-order valence-electron chi connectivity index (χ0n) is 11.3. The number of nitrogens with zero attached hydrogens (tertiary/aromatic N) is 2. The van der Waals surface area contributed by atoms with Gasteiger partial charge < -0.3 is 9.26 Å². The van der Waals surface area contributed by atoms with Gasteiger partial charge in [-0.1, -0.05) is 47.1 Å². The van der Waals surface area contributed by atoms with Crippen LogP contribution in [0.15, 0.2) is 53.1 Å². The fraction of sp³-hybridized carbons (Fsp3) is 0.133. The van der Waals surface area contributed by atoms with Crippen molar-refractivity contribution in [1.82, 2.24) is 10.1 Å². The van der Waals surface area contributed by atoms with E-state index in [0.29, 0.717) is 10.8 Å². The van der Waals surface area contributed by atoms with Gasteiger partial charge in [0, 0.05) is 16.7 Å². The first-order valence-corrected chi connectivity index (χ1v) is 6.61. The minimum Gasteiger partial charge on any atom is -0.452 e. The van der Waals surface area contributed by atoms with Crippen molar-refractivity contribution in [2.75, 3.05) is 0 Å². The molecule has 0 unspecified atom stereocenters. The lowest BCUT2D eigenvalue weighted by molar-refractivity contribution is -0.139. The molecule has 0 N–H and O–H groups in total. The van der Waals surface area contributed by atoms with E-state index >= 15 is 0 Å². The second kappa shape index (κ2) is 7.40. The molecule has 1 heterocycles. The van der Waals surface area contributed by atoms with E-state index in [-0.39, 0.29) is 12.5 Å². The van der Waals surface area contributed by atoms with E-state index in [0.717, 1.165) is 5.56 Å². The Morgan fingerprint density at radius 1 is 1.43 bits per heavy atom. The first-order valence-electron chi connectivity index (χ1n) is 6.23. The molecule has 0 amide bonds. The number of benzene rings is 1. The summed E-state index contributed by atoms with van der Waals surface area (Å²) in [5.74, 6) is 0.140. The van der Waals surface area contributed by atoms with Crippen molar-refractivity contribution in [1.29, 1.82) is 0 Å². The number of aromatic nitrogens is 2. The first-order chi connectivity index (χ1) is 10.2. The molecule has 0 aliphatic carbocycles. The minimum atomic E-state index is -0.476. The van der Waals surface area contributed by atoms with Crippen LogP contribution in [0.4, 0.5) is 0 Å². The molecule has 6 heteroatoms. The number of rotatable bonds is 5. The summed E-state index contributed by atoms with van der Waals surface area (Å²) in [6, 6.07) is 7.08. The summed E-state index contributed by atoms with van der Waals surface area (Å²) >= 11 is 5.90. The molecule has 21 heavy (non-hydrogen) atoms. The molecule has 0 fully saturated rings. The van der Waals surface area contributed by atoms with Crippen molar-refractivity contribution in [2.24, 2.45) is 0 Å². The zero-order chi connectivity index (χ0) is 15.1. The molecule has 0 saturated carbocycles. The second-order valence-corrected chi connectivity index (χ2v) is 4.45. The number of carbonyl (C=O) groups excluding carboxylic acids is 1. The summed E-state index contributed by atoms with van der Waals surface area (Å²) in [5, 5.41) is 4.40. The van der Waals surface area contributed by atoms with E-state index in [1.807, 2.05) is 13.0 Å². The number of allylic oxidation sites excluding steroid dienone is 3. The van der Waals surface area contributed by atoms with Gasteiger partial charge in [-0.2, -0.15) is 4.98 Å². The largest absolute Gasteiger partial charge is 0.452 e. The van der Waals surface area contributed by atoms with Crippen LogP contribution in [0.2, 0.25) is 5.02 Å². The van der Waals surface area contributed by atoms with Crippen LogP contribution in [0.25, 0.3) is 11.4 Å². The average Bonchev–Trinajstić information content (AvgIpc) is 2.94. The molecule has 0 spiro atoms. The number of hydrogen-bond acceptors (Lipinski definition) is 5. The van der Waals surface area contributed by atoms with Crippen LogP contribution in [-0.4, -0.2) is 16.1 Å². The summed E-state index contributed by atoms with van der Waals surface area (Å²) in [7, 11) is 0. The number of carbonyl (C=O) groups is 1. The third-order valence-corrected chi connectivity index (χ3v) is 2.66. The van der Waals surface area contributed by atoms with Crippen molar-refractivity contribution in [3.63, 3.8) is 0 Å². The smallest absolute Gasteiger partial charge is 0.331 e. The summed E-state index contributed by atoms with van der Waals surface area (Å²) in [4.78, 5) is 15.5. The molecule has 5 nitrogen and oxygen atoms in total. The maximum absolute atomic E-state index is 11.4. The molecule has 0 saturated heterocycles. The van der Waals surface area contributed by atoms with Gasteiger partial charge in [-0.15, -0.1) is 0 Å². The molecular weight excluding hydrogens is 292 g/mol. The summed E-state index contributed by atoms with van der Waals surface area (Å²) in [6.45, 7) is 1.78. The Morgan fingerprint density at radius 3 is 3.05 bits per heavy atom. The van der Waals surface area contributed by atoms with Crippen LogP contribution in [-0.2, 0) is 16.1 Å². The molecular formula is C15H13ClN2O3. The van der Waals surface area contributed by atoms with Crippen molar-refractivity contribution in [2.45, 2.75) is 13.5 Å². The van der Waals surface area contributed by atoms with E-state index in [2.05, 4.69) is 10.1 Å². The number of ether oxygens (including phenoxy) is 1. The Bertz CT molecular complexity index is 677. The van der Waals surface area contributed by atoms with Gasteiger partial charge in [0.15, 0.2) is 6.61 Å². The Morgan fingerprint density at radius 2 is 2.29 bits per heavy atom. The molecule has 0 atom stereocenters. The standard InChI is InChI=1S/C15H13ClN2O3/c1-2-3-4-8-14(19)20-10-13-17-15(18-21-13)11-6-5-7-12(16)9-11/h2-9H,10H2,1H3/b3-2+,8-4+. The highest BCUT2D eigenvalue weighted by molar-refractivity contribution is 6.30. The highest BCUT2D eigenvalue weighted by atomic mass is 35.5. The van der Waals surface area contributed by atoms with Crippen LogP contribution in [0.1, 0.15) is 12.8 Å². The quantitative estimate of drug-likeness (QED) is 0.480. The van der Waals surface area contributed by atoms with Crippen LogP contribution >= 0.6 is 11.6 Å². The fourth-order valence-electron chi connectivity index (χ4n) is 1.48. The molecule has 2 rings (SSSR count). The lowest BCUT2D eigenvalue weighted by Crippen LogP contribution is -2.00. The topological polar surface area (TPSA) is 65.2 Å². The highest BCUT2D eigenvalue weighted by Gasteiger charge is 2.10. The first kappa shape index (κ1) is 15.0. The minimum absolute atomic E-state index is 0.0768. The van der Waals surface area contributed by atoms with Crippen LogP contribution < -0.4 is 0 Å². The Labute approximate surface area is 126 Å². The highest BCUT2D eigenvalue weighted by Crippen LogP contribution is 2.20. The average molecular weight is 305 g/mol. The van der Waals surface area contributed by atoms with Gasteiger partial charge in [0.05, 0.1) is 0 Å². The molecule has 0 radical (unpaired) electrons. The normalized spacial score (nSPS) is 11.3. The maximum Gasteiger partial charge on any atom is 0.331 e. The predicted molar refractivity (Wildman–Crippen MR) is 78.5 cm³/mol. The zero-order valence-corrected chi connectivity index (χ0v) is 12.1. The van der Waals surface area contributed by atoms with E-state index < -0.39 is 5.97 Å². The number of esters is 1. The lowest BCUT2D eigenvalue weighted by Gasteiger charge is -1.96. The van der Waals surface area contributed by atoms with Gasteiger partial charge in [0.1, 0.15) is 0 Å². The molecule has 0 aliphatic rings. The van der Waals surface area contributed by atoms with Crippen LogP contribution in [0, 0.1) is 0 Å². The summed E-state index contributed by atoms with van der Waals surface area (Å²) < 4.78 is 9.98. The van der Waals surface area contributed by atoms with E-state index in [9.17, 15) is 4.79 Å². The third-order valence-electron chi connectivity index (χ3n) is 2.42. The maximum atomic E-state index is 11.4. The predicted octanol–water partition coefficient (Wildman–Crippen LogP) is 3.57. The Hall–Kier alpha value is -2.40. The van der Waals surface area contributed by atoms with Crippen molar-refractivity contribution in [3.05, 3.63) is 59.5 Å². The van der Waals surface area contributed by atoms with Gasteiger partial charge in [0.25, 0.3) is 5.89 Å². The van der Waals surface area contributed by atoms with E-state index in [4.69, 9.17) is 20.9 Å². The SMILES string of the molecule is C/C=C/C=C/C(=O)OCc1nc(-c2cccc(Cl)c2)no1. The molecule has 108 valence electrons. The molecule has 1 aromatic heterocycles. The van der Waals surface area contributed by atoms with E-state index in [1.54, 1.807) is 36.4 Å². The Kier molecular flexibility index (Phi) is 5.29. The monoisotopic (exact) mass is 304 g/mol. The van der Waals surface area contributed by atoms with Crippen LogP contribution in [0.3, 0.4) is 0 Å². The van der Waals surface area contributed by atoms with E-state index in [1.165, 1.54) is 6.08 Å². The number of halogens is 1. The van der Waals surface area contributed by atoms with Gasteiger partial charge in [0.2, 0.25) is 5.82 Å². The summed E-state index contributed by atoms with van der Waals surface area (Å²) in [5.41, 5.74) is 0.733. The van der Waals surface area contributed by atoms with Crippen molar-refractivity contribution in [3.8, 4) is 11.4 Å². The summed E-state index contributed by atoms with van der Waals surface area (Å²) in [6.07, 6.45) is 6.44. The third kappa shape index (κ3) is 4.57. The van der Waals surface area contributed by atoms with Gasteiger partial charge in [-0.3, -0.25) is 0 Å². The Balaban J connectivity index is 1.96. The van der Waals surface area contributed by atoms with Crippen LogP contribution in [0.5, 0.6) is 0 Å². The molecule has 2 aromatic rings. The molecule has 1 aromatic carbocycles. The van der Waals surface area contributed by atoms with Gasteiger partial charge >= 0.3 is 5.97 Å². The van der Waals surface area contributed by atoms with Crippen molar-refractivity contribution < 1.29 is 14.1 Å². The number of hydrogen-bond donors (Lipinski definition) is 0. The van der Waals surface area contributed by atoms with Gasteiger partial charge in [-0.05, 0) is 19.1 Å². The van der Waals surface area contributed by atoms with Gasteiger partial charge in [-0.25, -0.2) is 4.79 Å². The second-order valence-electron chi connectivity index (χ2n) is 4.01. The fourth-order valence-corrected chi connectivity index (χ4v) is 1.67. The molecule has 0 bridgehead atoms. The lowest BCUT2D eigenvalue weighted by atomic mass is 10.2. The van der Waals surface area contributed by atoms with Crippen molar-refractivity contribution >= 4 is 17.6 Å².